The number of morpholine rings is 1. The van der Waals surface area contributed by atoms with Crippen LogP contribution >= 0.6 is 0 Å². The van der Waals surface area contributed by atoms with Crippen LogP contribution in [0.4, 0.5) is 5.82 Å². The Labute approximate surface area is 133 Å². The molecule has 1 fully saturated rings. The fourth-order valence-corrected chi connectivity index (χ4v) is 2.33. The first-order chi connectivity index (χ1) is 11.1. The van der Waals surface area contributed by atoms with Crippen molar-refractivity contribution in [3.05, 3.63) is 47.2 Å². The molecule has 0 atom stereocenters. The molecule has 0 spiro atoms. The molecule has 0 unspecified atom stereocenters. The minimum Gasteiger partial charge on any atom is -0.378 e. The van der Waals surface area contributed by atoms with Gasteiger partial charge in [-0.15, -0.1) is 0 Å². The maximum atomic E-state index is 12.3. The number of carbonyl (C=O) groups excluding carboxylic acids is 2. The summed E-state index contributed by atoms with van der Waals surface area (Å²) in [6, 6.07) is 8.18. The third-order valence-electron chi connectivity index (χ3n) is 3.56. The number of hydrogen-bond donors (Lipinski definition) is 1. The summed E-state index contributed by atoms with van der Waals surface area (Å²) in [6.45, 7) is 4.04. The van der Waals surface area contributed by atoms with E-state index in [1.54, 1.807) is 42.2 Å². The first kappa shape index (κ1) is 15.2. The molecule has 1 aliphatic rings. The van der Waals surface area contributed by atoms with Gasteiger partial charge < -0.3 is 19.5 Å². The zero-order chi connectivity index (χ0) is 16.2. The van der Waals surface area contributed by atoms with E-state index in [1.165, 1.54) is 0 Å². The molecule has 1 aromatic heterocycles. The highest BCUT2D eigenvalue weighted by atomic mass is 16.5. The summed E-state index contributed by atoms with van der Waals surface area (Å²) in [5.74, 6) is 0.629. The molecule has 0 radical (unpaired) electrons. The number of nitrogens with one attached hydrogen (secondary N) is 1. The lowest BCUT2D eigenvalue weighted by Crippen LogP contribution is -2.40. The Kier molecular flexibility index (Phi) is 4.38. The van der Waals surface area contributed by atoms with Crippen LogP contribution in [-0.4, -0.2) is 48.2 Å². The van der Waals surface area contributed by atoms with Crippen LogP contribution in [0.2, 0.25) is 0 Å². The summed E-state index contributed by atoms with van der Waals surface area (Å²) in [4.78, 5) is 26.2. The quantitative estimate of drug-likeness (QED) is 0.932. The molecular weight excluding hydrogens is 298 g/mol. The van der Waals surface area contributed by atoms with Gasteiger partial charge in [0, 0.05) is 30.3 Å². The molecule has 7 heteroatoms. The number of nitrogens with zero attached hydrogens (tertiary/aromatic N) is 2. The molecule has 0 saturated carbocycles. The van der Waals surface area contributed by atoms with Crippen molar-refractivity contribution in [1.82, 2.24) is 10.1 Å². The van der Waals surface area contributed by atoms with E-state index in [1.807, 2.05) is 0 Å². The highest BCUT2D eigenvalue weighted by molar-refractivity contribution is 6.04. The van der Waals surface area contributed by atoms with Gasteiger partial charge in [-0.3, -0.25) is 9.59 Å². The minimum atomic E-state index is -0.302. The van der Waals surface area contributed by atoms with Crippen molar-refractivity contribution >= 4 is 17.6 Å². The Bertz CT molecular complexity index is 702. The van der Waals surface area contributed by atoms with E-state index in [2.05, 4.69) is 10.5 Å². The van der Waals surface area contributed by atoms with Gasteiger partial charge in [0.25, 0.3) is 11.8 Å². The molecule has 0 aliphatic carbocycles. The smallest absolute Gasteiger partial charge is 0.256 e. The summed E-state index contributed by atoms with van der Waals surface area (Å²) in [5.41, 5.74) is 1.00. The van der Waals surface area contributed by atoms with Gasteiger partial charge in [0.05, 0.1) is 13.2 Å². The Morgan fingerprint density at radius 3 is 2.39 bits per heavy atom. The van der Waals surface area contributed by atoms with E-state index in [0.29, 0.717) is 49.0 Å². The van der Waals surface area contributed by atoms with Gasteiger partial charge in [0.1, 0.15) is 5.76 Å². The fraction of sp³-hybridized carbons (Fsp3) is 0.312. The molecule has 120 valence electrons. The number of anilines is 1. The number of benzene rings is 1. The average molecular weight is 315 g/mol. The zero-order valence-electron chi connectivity index (χ0n) is 12.7. The van der Waals surface area contributed by atoms with Crippen molar-refractivity contribution in [1.29, 1.82) is 0 Å². The number of aromatic nitrogens is 1. The van der Waals surface area contributed by atoms with Gasteiger partial charge in [0.2, 0.25) is 0 Å². The van der Waals surface area contributed by atoms with Crippen molar-refractivity contribution < 1.29 is 18.8 Å². The van der Waals surface area contributed by atoms with Gasteiger partial charge in [-0.25, -0.2) is 0 Å². The largest absolute Gasteiger partial charge is 0.378 e. The van der Waals surface area contributed by atoms with Crippen LogP contribution in [-0.2, 0) is 4.74 Å². The predicted molar refractivity (Wildman–Crippen MR) is 82.4 cm³/mol. The van der Waals surface area contributed by atoms with Crippen molar-refractivity contribution in [3.8, 4) is 0 Å². The topological polar surface area (TPSA) is 84.7 Å². The molecule has 3 rings (SSSR count). The molecule has 2 heterocycles. The van der Waals surface area contributed by atoms with E-state index in [4.69, 9.17) is 9.26 Å². The van der Waals surface area contributed by atoms with E-state index < -0.39 is 0 Å². The molecule has 7 nitrogen and oxygen atoms in total. The van der Waals surface area contributed by atoms with Crippen LogP contribution in [0.5, 0.6) is 0 Å². The number of carbonyl (C=O) groups is 2. The molecule has 1 aliphatic heterocycles. The predicted octanol–water partition coefficient (Wildman–Crippen LogP) is 1.71. The summed E-state index contributed by atoms with van der Waals surface area (Å²) in [6.07, 6.45) is 0. The second-order valence-corrected chi connectivity index (χ2v) is 5.26. The molecule has 1 N–H and O–H groups in total. The van der Waals surface area contributed by atoms with Gasteiger partial charge in [-0.2, -0.15) is 0 Å². The van der Waals surface area contributed by atoms with Crippen molar-refractivity contribution in [2.45, 2.75) is 6.92 Å². The molecule has 2 amide bonds. The third-order valence-corrected chi connectivity index (χ3v) is 3.56. The molecular formula is C16H17N3O4. The lowest BCUT2D eigenvalue weighted by molar-refractivity contribution is 0.0303. The van der Waals surface area contributed by atoms with Crippen LogP contribution in [0, 0.1) is 6.92 Å². The number of rotatable bonds is 3. The highest BCUT2D eigenvalue weighted by Gasteiger charge is 2.18. The van der Waals surface area contributed by atoms with Crippen LogP contribution in [0.1, 0.15) is 26.5 Å². The SMILES string of the molecule is Cc1cc(NC(=O)c2ccc(C(=O)N3CCOCC3)cc2)no1. The molecule has 1 aromatic carbocycles. The number of hydrogen-bond acceptors (Lipinski definition) is 5. The van der Waals surface area contributed by atoms with Crippen LogP contribution in [0.3, 0.4) is 0 Å². The Hall–Kier alpha value is -2.67. The Balaban J connectivity index is 1.66. The third kappa shape index (κ3) is 3.57. The lowest BCUT2D eigenvalue weighted by atomic mass is 10.1. The standard InChI is InChI=1S/C16H17N3O4/c1-11-10-14(18-23-11)17-15(20)12-2-4-13(5-3-12)16(21)19-6-8-22-9-7-19/h2-5,10H,6-9H2,1H3,(H,17,18,20). The van der Waals surface area contributed by atoms with Gasteiger partial charge in [-0.05, 0) is 31.2 Å². The maximum Gasteiger partial charge on any atom is 0.256 e. The Morgan fingerprint density at radius 2 is 1.78 bits per heavy atom. The normalized spacial score (nSPS) is 14.6. The van der Waals surface area contributed by atoms with Crippen molar-refractivity contribution in [2.24, 2.45) is 0 Å². The molecule has 2 aromatic rings. The second-order valence-electron chi connectivity index (χ2n) is 5.26. The number of amides is 2. The van der Waals surface area contributed by atoms with Gasteiger partial charge in [0.15, 0.2) is 5.82 Å². The van der Waals surface area contributed by atoms with Crippen molar-refractivity contribution in [3.63, 3.8) is 0 Å². The summed E-state index contributed by atoms with van der Waals surface area (Å²) in [5, 5.41) is 6.34. The lowest BCUT2D eigenvalue weighted by Gasteiger charge is -2.26. The molecule has 0 bridgehead atoms. The van der Waals surface area contributed by atoms with Crippen LogP contribution in [0.15, 0.2) is 34.9 Å². The Morgan fingerprint density at radius 1 is 1.13 bits per heavy atom. The first-order valence-electron chi connectivity index (χ1n) is 7.35. The van der Waals surface area contributed by atoms with E-state index >= 15 is 0 Å². The minimum absolute atomic E-state index is 0.0487. The monoisotopic (exact) mass is 315 g/mol. The molecule has 23 heavy (non-hydrogen) atoms. The maximum absolute atomic E-state index is 12.3. The van der Waals surface area contributed by atoms with Crippen LogP contribution in [0.25, 0.3) is 0 Å². The average Bonchev–Trinajstić information content (AvgIpc) is 3.00. The highest BCUT2D eigenvalue weighted by Crippen LogP contribution is 2.12. The summed E-state index contributed by atoms with van der Waals surface area (Å²) >= 11 is 0. The summed E-state index contributed by atoms with van der Waals surface area (Å²) in [7, 11) is 0. The van der Waals surface area contributed by atoms with Crippen LogP contribution < -0.4 is 5.32 Å². The van der Waals surface area contributed by atoms with E-state index in [0.717, 1.165) is 0 Å². The summed E-state index contributed by atoms with van der Waals surface area (Å²) < 4.78 is 10.1. The van der Waals surface area contributed by atoms with E-state index in [-0.39, 0.29) is 11.8 Å². The zero-order valence-corrected chi connectivity index (χ0v) is 12.7. The number of aryl methyl sites for hydroxylation is 1. The molecule has 1 saturated heterocycles. The van der Waals surface area contributed by atoms with E-state index in [9.17, 15) is 9.59 Å². The second kappa shape index (κ2) is 6.62. The fourth-order valence-electron chi connectivity index (χ4n) is 2.33. The number of ether oxygens (including phenoxy) is 1. The van der Waals surface area contributed by atoms with Crippen molar-refractivity contribution in [2.75, 3.05) is 31.6 Å². The first-order valence-corrected chi connectivity index (χ1v) is 7.35. The van der Waals surface area contributed by atoms with Gasteiger partial charge >= 0.3 is 0 Å². The van der Waals surface area contributed by atoms with Gasteiger partial charge in [-0.1, -0.05) is 5.16 Å².